The molecule has 2 N–H and O–H groups in total. The lowest BCUT2D eigenvalue weighted by Crippen LogP contribution is -2.42. The lowest BCUT2D eigenvalue weighted by atomic mass is 10.0. The molecule has 2 aromatic rings. The summed E-state index contributed by atoms with van der Waals surface area (Å²) in [4.78, 5) is 12.1. The minimum atomic E-state index is -2.67. The van der Waals surface area contributed by atoms with Gasteiger partial charge in [-0.05, 0) is 39.2 Å². The lowest BCUT2D eigenvalue weighted by molar-refractivity contribution is -0.132. The van der Waals surface area contributed by atoms with E-state index in [9.17, 15) is 14.3 Å². The smallest absolute Gasteiger partial charge is 0.272 e. The third-order valence-corrected chi connectivity index (χ3v) is 4.45. The number of nitrogens with one attached hydrogen (secondary N) is 1. The van der Waals surface area contributed by atoms with E-state index in [-0.39, 0.29) is 18.9 Å². The Kier molecular flexibility index (Phi) is 4.73. The molecular weight excluding hydrogens is 381 g/mol. The summed E-state index contributed by atoms with van der Waals surface area (Å²) < 4.78 is 22.5. The van der Waals surface area contributed by atoms with E-state index < -0.39 is 16.6 Å². The van der Waals surface area contributed by atoms with Gasteiger partial charge in [0.15, 0.2) is 11.5 Å². The molecule has 5 nitrogen and oxygen atoms in total. The molecule has 0 spiro atoms. The molecule has 126 valence electrons. The van der Waals surface area contributed by atoms with Crippen LogP contribution >= 0.6 is 15.9 Å². The zero-order chi connectivity index (χ0) is 17.2. The molecule has 1 heterocycles. The van der Waals surface area contributed by atoms with Crippen LogP contribution in [0.3, 0.4) is 0 Å². The molecule has 0 fully saturated rings. The highest BCUT2D eigenvalue weighted by atomic mass is 79.9. The van der Waals surface area contributed by atoms with Crippen LogP contribution in [0.1, 0.15) is 17.2 Å². The fourth-order valence-corrected chi connectivity index (χ4v) is 2.72. The molecular formula is C17H15BrFNO4. The second-order valence-corrected chi connectivity index (χ2v) is 6.46. The van der Waals surface area contributed by atoms with E-state index >= 15 is 0 Å². The summed E-state index contributed by atoms with van der Waals surface area (Å²) in [6, 6.07) is 13.6. The number of alkyl halides is 2. The fourth-order valence-electron chi connectivity index (χ4n) is 2.31. The quantitative estimate of drug-likeness (QED) is 0.763. The Morgan fingerprint density at radius 2 is 1.96 bits per heavy atom. The molecule has 0 aliphatic carbocycles. The number of rotatable bonds is 5. The van der Waals surface area contributed by atoms with Gasteiger partial charge >= 0.3 is 0 Å². The summed E-state index contributed by atoms with van der Waals surface area (Å²) in [6.07, 6.45) is -1.71. The predicted molar refractivity (Wildman–Crippen MR) is 88.6 cm³/mol. The molecule has 2 unspecified atom stereocenters. The molecule has 0 saturated heterocycles. The van der Waals surface area contributed by atoms with Crippen LogP contribution in [-0.4, -0.2) is 22.4 Å². The third-order valence-electron chi connectivity index (χ3n) is 3.65. The van der Waals surface area contributed by atoms with E-state index in [2.05, 4.69) is 21.2 Å². The van der Waals surface area contributed by atoms with Gasteiger partial charge in [-0.2, -0.15) is 0 Å². The van der Waals surface area contributed by atoms with Crippen molar-refractivity contribution < 1.29 is 23.8 Å². The number of ether oxygens (including phenoxy) is 2. The van der Waals surface area contributed by atoms with Gasteiger partial charge in [0.25, 0.3) is 10.5 Å². The van der Waals surface area contributed by atoms with Crippen molar-refractivity contribution in [3.8, 4) is 11.5 Å². The predicted octanol–water partition coefficient (Wildman–Crippen LogP) is 2.83. The highest BCUT2D eigenvalue weighted by Gasteiger charge is 2.44. The first-order chi connectivity index (χ1) is 11.5. The van der Waals surface area contributed by atoms with Gasteiger partial charge in [-0.3, -0.25) is 4.79 Å². The molecule has 2 atom stereocenters. The van der Waals surface area contributed by atoms with Gasteiger partial charge < -0.3 is 19.9 Å². The molecule has 2 aromatic carbocycles. The van der Waals surface area contributed by atoms with Crippen LogP contribution in [0.5, 0.6) is 11.5 Å². The molecule has 3 rings (SSSR count). The number of fused-ring (bicyclic) bond motifs is 1. The van der Waals surface area contributed by atoms with Crippen molar-refractivity contribution in [2.75, 3.05) is 6.79 Å². The molecule has 7 heteroatoms. The molecule has 24 heavy (non-hydrogen) atoms. The molecule has 1 aliphatic heterocycles. The first-order valence-corrected chi connectivity index (χ1v) is 8.05. The molecule has 0 saturated carbocycles. The lowest BCUT2D eigenvalue weighted by Gasteiger charge is -2.24. The van der Waals surface area contributed by atoms with Crippen LogP contribution in [-0.2, 0) is 11.3 Å². The zero-order valence-corrected chi connectivity index (χ0v) is 14.1. The van der Waals surface area contributed by atoms with Crippen molar-refractivity contribution in [1.29, 1.82) is 0 Å². The monoisotopic (exact) mass is 395 g/mol. The normalized spacial score (nSPS) is 16.3. The summed E-state index contributed by atoms with van der Waals surface area (Å²) in [5, 5.41) is 12.7. The number of hydrogen-bond donors (Lipinski definition) is 2. The maximum atomic E-state index is 14.8. The SMILES string of the molecule is O=C(NCc1ccccc1)C(F)(Br)C(O)c1ccc2c(c1)OCO2. The Morgan fingerprint density at radius 1 is 1.25 bits per heavy atom. The van der Waals surface area contributed by atoms with Crippen LogP contribution in [0.2, 0.25) is 0 Å². The standard InChI is InChI=1S/C17H15BrFNO4/c18-17(19,16(22)20-9-11-4-2-1-3-5-11)15(21)12-6-7-13-14(8-12)24-10-23-13/h1-8,15,21H,9-10H2,(H,20,22). The number of benzene rings is 2. The van der Waals surface area contributed by atoms with Crippen molar-refractivity contribution in [3.63, 3.8) is 0 Å². The van der Waals surface area contributed by atoms with Gasteiger partial charge in [0.1, 0.15) is 6.10 Å². The summed E-state index contributed by atoms with van der Waals surface area (Å²) in [5.74, 6) is -0.0467. The number of hydrogen-bond acceptors (Lipinski definition) is 4. The third kappa shape index (κ3) is 3.37. The van der Waals surface area contributed by atoms with Crippen LogP contribution in [0.15, 0.2) is 48.5 Å². The zero-order valence-electron chi connectivity index (χ0n) is 12.5. The van der Waals surface area contributed by atoms with Crippen molar-refractivity contribution in [2.45, 2.75) is 17.2 Å². The van der Waals surface area contributed by atoms with E-state index in [1.165, 1.54) is 12.1 Å². The van der Waals surface area contributed by atoms with Crippen molar-refractivity contribution >= 4 is 21.8 Å². The number of carbonyl (C=O) groups is 1. The van der Waals surface area contributed by atoms with Gasteiger partial charge in [-0.15, -0.1) is 0 Å². The Hall–Kier alpha value is -2.12. The molecule has 0 bridgehead atoms. The molecule has 0 radical (unpaired) electrons. The van der Waals surface area contributed by atoms with E-state index in [0.717, 1.165) is 5.56 Å². The van der Waals surface area contributed by atoms with E-state index in [0.29, 0.717) is 11.5 Å². The van der Waals surface area contributed by atoms with E-state index in [1.54, 1.807) is 6.07 Å². The number of amides is 1. The second kappa shape index (κ2) is 6.78. The summed E-state index contributed by atoms with van der Waals surface area (Å²) in [6.45, 7) is 0.228. The number of aliphatic hydroxyl groups excluding tert-OH is 1. The minimum Gasteiger partial charge on any atom is -0.454 e. The summed E-state index contributed by atoms with van der Waals surface area (Å²) in [5.41, 5.74) is 1.03. The van der Waals surface area contributed by atoms with E-state index in [1.807, 2.05) is 30.3 Å². The Labute approximate surface area is 146 Å². The minimum absolute atomic E-state index is 0.0710. The van der Waals surface area contributed by atoms with Crippen LogP contribution in [0.4, 0.5) is 4.39 Å². The van der Waals surface area contributed by atoms with Crippen molar-refractivity contribution in [3.05, 3.63) is 59.7 Å². The first-order valence-electron chi connectivity index (χ1n) is 7.26. The van der Waals surface area contributed by atoms with E-state index in [4.69, 9.17) is 9.47 Å². The average molecular weight is 396 g/mol. The van der Waals surface area contributed by atoms with Gasteiger partial charge in [-0.1, -0.05) is 36.4 Å². The van der Waals surface area contributed by atoms with Crippen molar-refractivity contribution in [2.24, 2.45) is 0 Å². The highest BCUT2D eigenvalue weighted by Crippen LogP contribution is 2.40. The number of halogens is 2. The van der Waals surface area contributed by atoms with Gasteiger partial charge in [0.05, 0.1) is 0 Å². The molecule has 1 aliphatic rings. The number of carbonyl (C=O) groups excluding carboxylic acids is 1. The Bertz CT molecular complexity index is 739. The van der Waals surface area contributed by atoms with Crippen LogP contribution in [0.25, 0.3) is 0 Å². The number of aliphatic hydroxyl groups is 1. The molecule has 1 amide bonds. The second-order valence-electron chi connectivity index (χ2n) is 5.31. The Morgan fingerprint density at radius 3 is 2.71 bits per heavy atom. The fraction of sp³-hybridized carbons (Fsp3) is 0.235. The highest BCUT2D eigenvalue weighted by molar-refractivity contribution is 9.10. The van der Waals surface area contributed by atoms with Gasteiger partial charge in [0, 0.05) is 6.54 Å². The maximum Gasteiger partial charge on any atom is 0.272 e. The topological polar surface area (TPSA) is 67.8 Å². The molecule has 0 aromatic heterocycles. The average Bonchev–Trinajstić information content (AvgIpc) is 3.07. The van der Waals surface area contributed by atoms with Crippen LogP contribution < -0.4 is 14.8 Å². The van der Waals surface area contributed by atoms with Crippen molar-refractivity contribution in [1.82, 2.24) is 5.32 Å². The first kappa shape index (κ1) is 16.7. The summed E-state index contributed by atoms with van der Waals surface area (Å²) >= 11 is 2.70. The Balaban J connectivity index is 1.70. The maximum absolute atomic E-state index is 14.8. The van der Waals surface area contributed by atoms with Gasteiger partial charge in [0.2, 0.25) is 6.79 Å². The summed E-state index contributed by atoms with van der Waals surface area (Å²) in [7, 11) is 0. The largest absolute Gasteiger partial charge is 0.454 e. The van der Waals surface area contributed by atoms with Gasteiger partial charge in [-0.25, -0.2) is 4.39 Å². The van der Waals surface area contributed by atoms with Crippen LogP contribution in [0, 0.1) is 0 Å².